The minimum absolute atomic E-state index is 0.201. The summed E-state index contributed by atoms with van der Waals surface area (Å²) in [5, 5.41) is 11.1. The first-order chi connectivity index (χ1) is 6.15. The number of carbonyl (C=O) groups is 2. The number of benzene rings is 1. The molecule has 0 saturated heterocycles. The van der Waals surface area contributed by atoms with Crippen LogP contribution in [0.5, 0.6) is 0 Å². The zero-order valence-corrected chi connectivity index (χ0v) is 7.07. The Labute approximate surface area is 75.2 Å². The van der Waals surface area contributed by atoms with Gasteiger partial charge in [0.2, 0.25) is 6.41 Å². The molecule has 0 aliphatic carbocycles. The van der Waals surface area contributed by atoms with Gasteiger partial charge in [-0.05, 0) is 24.6 Å². The number of amides is 1. The molecule has 1 aromatic carbocycles. The molecule has 4 nitrogen and oxygen atoms in total. The zero-order valence-electron chi connectivity index (χ0n) is 7.07. The van der Waals surface area contributed by atoms with Crippen molar-refractivity contribution in [3.63, 3.8) is 0 Å². The second-order valence-electron chi connectivity index (χ2n) is 2.60. The van der Waals surface area contributed by atoms with Gasteiger partial charge in [-0.15, -0.1) is 0 Å². The Morgan fingerprint density at radius 1 is 1.54 bits per heavy atom. The average molecular weight is 179 g/mol. The standard InChI is InChI=1S/C9H9NO3/c1-6-2-3-7(10-5-11)4-8(6)9(12)13/h2-5H,1H3,(H,10,11)(H,12,13). The molecule has 0 aromatic heterocycles. The summed E-state index contributed by atoms with van der Waals surface area (Å²) in [5.41, 5.74) is 1.36. The Kier molecular flexibility index (Phi) is 2.64. The molecule has 0 saturated carbocycles. The molecule has 68 valence electrons. The maximum absolute atomic E-state index is 10.7. The molecule has 0 fully saturated rings. The van der Waals surface area contributed by atoms with Crippen LogP contribution in [0.4, 0.5) is 5.69 Å². The SMILES string of the molecule is Cc1ccc(NC=O)cc1C(=O)O. The van der Waals surface area contributed by atoms with Gasteiger partial charge in [0.05, 0.1) is 5.56 Å². The number of aromatic carboxylic acids is 1. The molecule has 13 heavy (non-hydrogen) atoms. The Hall–Kier alpha value is -1.84. The first kappa shape index (κ1) is 9.25. The van der Waals surface area contributed by atoms with Gasteiger partial charge in [0.15, 0.2) is 0 Å². The fraction of sp³-hybridized carbons (Fsp3) is 0.111. The summed E-state index contributed by atoms with van der Waals surface area (Å²) in [6.45, 7) is 1.70. The van der Waals surface area contributed by atoms with Gasteiger partial charge < -0.3 is 10.4 Å². The van der Waals surface area contributed by atoms with Crippen molar-refractivity contribution < 1.29 is 14.7 Å². The van der Waals surface area contributed by atoms with Crippen LogP contribution in [0.15, 0.2) is 18.2 Å². The number of nitrogens with one attached hydrogen (secondary N) is 1. The molecule has 0 atom stereocenters. The number of hydrogen-bond donors (Lipinski definition) is 2. The van der Waals surface area contributed by atoms with Crippen LogP contribution in [0.2, 0.25) is 0 Å². The highest BCUT2D eigenvalue weighted by Crippen LogP contribution is 2.14. The van der Waals surface area contributed by atoms with E-state index in [1.165, 1.54) is 6.07 Å². The highest BCUT2D eigenvalue weighted by Gasteiger charge is 2.06. The van der Waals surface area contributed by atoms with Crippen LogP contribution in [0, 0.1) is 6.92 Å². The summed E-state index contributed by atoms with van der Waals surface area (Å²) >= 11 is 0. The fourth-order valence-electron chi connectivity index (χ4n) is 1.01. The van der Waals surface area contributed by atoms with Crippen LogP contribution in [0.3, 0.4) is 0 Å². The van der Waals surface area contributed by atoms with Gasteiger partial charge in [0.1, 0.15) is 0 Å². The highest BCUT2D eigenvalue weighted by molar-refractivity contribution is 5.91. The lowest BCUT2D eigenvalue weighted by molar-refractivity contribution is -0.105. The van der Waals surface area contributed by atoms with Gasteiger partial charge in [-0.3, -0.25) is 4.79 Å². The molecule has 2 N–H and O–H groups in total. The fourth-order valence-corrected chi connectivity index (χ4v) is 1.01. The third kappa shape index (κ3) is 2.05. The molecule has 0 bridgehead atoms. The van der Waals surface area contributed by atoms with Gasteiger partial charge in [0.25, 0.3) is 0 Å². The molecule has 0 aliphatic rings. The smallest absolute Gasteiger partial charge is 0.336 e. The lowest BCUT2D eigenvalue weighted by Gasteiger charge is -2.03. The van der Waals surface area contributed by atoms with E-state index in [0.717, 1.165) is 0 Å². The topological polar surface area (TPSA) is 66.4 Å². The van der Waals surface area contributed by atoms with Crippen LogP contribution >= 0.6 is 0 Å². The third-order valence-corrected chi connectivity index (χ3v) is 1.69. The van der Waals surface area contributed by atoms with E-state index in [9.17, 15) is 9.59 Å². The number of carbonyl (C=O) groups excluding carboxylic acids is 1. The largest absolute Gasteiger partial charge is 0.478 e. The van der Waals surface area contributed by atoms with Crippen molar-refractivity contribution in [2.45, 2.75) is 6.92 Å². The molecule has 0 spiro atoms. The van der Waals surface area contributed by atoms with E-state index < -0.39 is 5.97 Å². The predicted octanol–water partition coefficient (Wildman–Crippen LogP) is 1.26. The van der Waals surface area contributed by atoms with Crippen molar-refractivity contribution in [3.8, 4) is 0 Å². The summed E-state index contributed by atoms with van der Waals surface area (Å²) in [6.07, 6.45) is 0.510. The number of hydrogen-bond acceptors (Lipinski definition) is 2. The quantitative estimate of drug-likeness (QED) is 0.686. The number of carboxylic acid groups (broad SMARTS) is 1. The van der Waals surface area contributed by atoms with E-state index >= 15 is 0 Å². The Morgan fingerprint density at radius 3 is 2.77 bits per heavy atom. The van der Waals surface area contributed by atoms with Crippen LogP contribution < -0.4 is 5.32 Å². The van der Waals surface area contributed by atoms with Crippen LogP contribution in [0.25, 0.3) is 0 Å². The van der Waals surface area contributed by atoms with Crippen molar-refractivity contribution in [2.75, 3.05) is 5.32 Å². The zero-order chi connectivity index (χ0) is 9.84. The van der Waals surface area contributed by atoms with E-state index in [0.29, 0.717) is 17.7 Å². The minimum atomic E-state index is -0.993. The van der Waals surface area contributed by atoms with E-state index in [1.54, 1.807) is 19.1 Å². The van der Waals surface area contributed by atoms with Crippen molar-refractivity contribution in [1.82, 2.24) is 0 Å². The van der Waals surface area contributed by atoms with E-state index in [-0.39, 0.29) is 5.56 Å². The second-order valence-corrected chi connectivity index (χ2v) is 2.60. The highest BCUT2D eigenvalue weighted by atomic mass is 16.4. The van der Waals surface area contributed by atoms with Crippen molar-refractivity contribution in [2.24, 2.45) is 0 Å². The lowest BCUT2D eigenvalue weighted by atomic mass is 10.1. The maximum Gasteiger partial charge on any atom is 0.336 e. The summed E-state index contributed by atoms with van der Waals surface area (Å²) in [4.78, 5) is 20.7. The molecule has 1 aromatic rings. The van der Waals surface area contributed by atoms with E-state index in [1.807, 2.05) is 0 Å². The van der Waals surface area contributed by atoms with Crippen molar-refractivity contribution in [3.05, 3.63) is 29.3 Å². The Balaban J connectivity index is 3.10. The lowest BCUT2D eigenvalue weighted by Crippen LogP contribution is -2.02. The molecule has 0 heterocycles. The number of rotatable bonds is 3. The molecule has 1 rings (SSSR count). The molecule has 0 unspecified atom stereocenters. The number of carboxylic acids is 1. The number of anilines is 1. The van der Waals surface area contributed by atoms with Crippen molar-refractivity contribution in [1.29, 1.82) is 0 Å². The van der Waals surface area contributed by atoms with E-state index in [4.69, 9.17) is 5.11 Å². The van der Waals surface area contributed by atoms with Crippen LogP contribution in [-0.4, -0.2) is 17.5 Å². The molecular weight excluding hydrogens is 170 g/mol. The van der Waals surface area contributed by atoms with Crippen molar-refractivity contribution >= 4 is 18.1 Å². The third-order valence-electron chi connectivity index (χ3n) is 1.69. The molecule has 4 heteroatoms. The second kappa shape index (κ2) is 3.71. The summed E-state index contributed by atoms with van der Waals surface area (Å²) in [5.74, 6) is -0.993. The normalized spacial score (nSPS) is 9.31. The minimum Gasteiger partial charge on any atom is -0.478 e. The average Bonchev–Trinajstić information content (AvgIpc) is 2.08. The molecule has 1 amide bonds. The van der Waals surface area contributed by atoms with Gasteiger partial charge in [0, 0.05) is 5.69 Å². The molecular formula is C9H9NO3. The van der Waals surface area contributed by atoms with Crippen LogP contribution in [0.1, 0.15) is 15.9 Å². The Bertz CT molecular complexity index is 347. The molecule has 0 aliphatic heterocycles. The van der Waals surface area contributed by atoms with Gasteiger partial charge >= 0.3 is 5.97 Å². The van der Waals surface area contributed by atoms with Gasteiger partial charge in [-0.1, -0.05) is 6.07 Å². The number of aryl methyl sites for hydroxylation is 1. The first-order valence-electron chi connectivity index (χ1n) is 3.69. The summed E-state index contributed by atoms with van der Waals surface area (Å²) in [6, 6.07) is 4.72. The van der Waals surface area contributed by atoms with Gasteiger partial charge in [-0.2, -0.15) is 0 Å². The van der Waals surface area contributed by atoms with E-state index in [2.05, 4.69) is 5.32 Å². The monoisotopic (exact) mass is 179 g/mol. The first-order valence-corrected chi connectivity index (χ1v) is 3.69. The Morgan fingerprint density at radius 2 is 2.23 bits per heavy atom. The molecule has 0 radical (unpaired) electrons. The summed E-state index contributed by atoms with van der Waals surface area (Å²) < 4.78 is 0. The summed E-state index contributed by atoms with van der Waals surface area (Å²) in [7, 11) is 0. The predicted molar refractivity (Wildman–Crippen MR) is 47.8 cm³/mol. The van der Waals surface area contributed by atoms with Gasteiger partial charge in [-0.25, -0.2) is 4.79 Å². The van der Waals surface area contributed by atoms with Crippen LogP contribution in [-0.2, 0) is 4.79 Å². The maximum atomic E-state index is 10.7.